The molecule has 1 amide bonds. The van der Waals surface area contributed by atoms with Crippen molar-refractivity contribution in [1.29, 1.82) is 5.26 Å². The lowest BCUT2D eigenvalue weighted by molar-refractivity contribution is 0.138. The first-order valence-electron chi connectivity index (χ1n) is 5.69. The molecule has 0 saturated carbocycles. The highest BCUT2D eigenvalue weighted by Gasteiger charge is 2.08. The number of hydrogen-bond donors (Lipinski definition) is 1. The summed E-state index contributed by atoms with van der Waals surface area (Å²) in [5.41, 5.74) is 0.706. The summed E-state index contributed by atoms with van der Waals surface area (Å²) >= 11 is 0. The predicted octanol–water partition coefficient (Wildman–Crippen LogP) is 1.84. The predicted molar refractivity (Wildman–Crippen MR) is 68.0 cm³/mol. The summed E-state index contributed by atoms with van der Waals surface area (Å²) in [7, 11) is 3.10. The largest absolute Gasteiger partial charge is 0.497 e. The first-order valence-corrected chi connectivity index (χ1v) is 5.69. The lowest BCUT2D eigenvalue weighted by atomic mass is 10.2. The lowest BCUT2D eigenvalue weighted by Crippen LogP contribution is -2.25. The molecule has 1 aromatic rings. The normalized spacial score (nSPS) is 9.32. The number of benzene rings is 1. The average Bonchev–Trinajstić information content (AvgIpc) is 2.45. The van der Waals surface area contributed by atoms with E-state index in [1.807, 2.05) is 6.07 Å². The molecule has 0 bridgehead atoms. The zero-order chi connectivity index (χ0) is 14.1. The minimum atomic E-state index is -0.569. The van der Waals surface area contributed by atoms with Gasteiger partial charge >= 0.3 is 6.09 Å². The monoisotopic (exact) mass is 264 g/mol. The molecule has 0 spiro atoms. The summed E-state index contributed by atoms with van der Waals surface area (Å²) in [5.74, 6) is 1.27. The Labute approximate surface area is 111 Å². The summed E-state index contributed by atoms with van der Waals surface area (Å²) in [4.78, 5) is 11.3. The third-order valence-electron chi connectivity index (χ3n) is 2.35. The van der Waals surface area contributed by atoms with Crippen LogP contribution in [0.4, 0.5) is 4.79 Å². The van der Waals surface area contributed by atoms with Crippen molar-refractivity contribution in [2.45, 2.75) is 13.0 Å². The van der Waals surface area contributed by atoms with Crippen molar-refractivity contribution >= 4 is 6.09 Å². The molecular weight excluding hydrogens is 248 g/mol. The minimum absolute atomic E-state index is 0.0682. The van der Waals surface area contributed by atoms with Crippen molar-refractivity contribution in [3.05, 3.63) is 23.8 Å². The average molecular weight is 264 g/mol. The quantitative estimate of drug-likeness (QED) is 0.793. The van der Waals surface area contributed by atoms with E-state index in [1.165, 1.54) is 7.11 Å². The number of hydrogen-bond acceptors (Lipinski definition) is 5. The Bertz CT molecular complexity index is 468. The van der Waals surface area contributed by atoms with E-state index in [0.717, 1.165) is 0 Å². The van der Waals surface area contributed by atoms with Gasteiger partial charge in [0.05, 0.1) is 26.7 Å². The molecule has 0 heterocycles. The van der Waals surface area contributed by atoms with Crippen LogP contribution in [0.2, 0.25) is 0 Å². The fourth-order valence-corrected chi connectivity index (χ4v) is 1.41. The van der Waals surface area contributed by atoms with Gasteiger partial charge in [0.1, 0.15) is 18.1 Å². The van der Waals surface area contributed by atoms with Gasteiger partial charge in [-0.2, -0.15) is 5.26 Å². The number of carbonyl (C=O) groups is 1. The first kappa shape index (κ1) is 14.6. The molecule has 1 rings (SSSR count). The van der Waals surface area contributed by atoms with Crippen LogP contribution in [0.1, 0.15) is 12.0 Å². The van der Waals surface area contributed by atoms with E-state index in [2.05, 4.69) is 5.32 Å². The van der Waals surface area contributed by atoms with Crippen molar-refractivity contribution in [3.63, 3.8) is 0 Å². The van der Waals surface area contributed by atoms with Gasteiger partial charge in [0, 0.05) is 12.1 Å². The highest BCUT2D eigenvalue weighted by atomic mass is 16.5. The van der Waals surface area contributed by atoms with Crippen LogP contribution in [0.5, 0.6) is 11.5 Å². The van der Waals surface area contributed by atoms with Crippen molar-refractivity contribution in [2.24, 2.45) is 0 Å². The number of alkyl carbamates (subject to hydrolysis) is 1. The van der Waals surface area contributed by atoms with Gasteiger partial charge in [0.25, 0.3) is 0 Å². The number of methoxy groups -OCH3 is 2. The van der Waals surface area contributed by atoms with Gasteiger partial charge in [-0.25, -0.2) is 4.79 Å². The topological polar surface area (TPSA) is 80.6 Å². The van der Waals surface area contributed by atoms with E-state index in [-0.39, 0.29) is 19.6 Å². The Morgan fingerprint density at radius 1 is 1.37 bits per heavy atom. The van der Waals surface area contributed by atoms with Gasteiger partial charge in [-0.3, -0.25) is 0 Å². The number of nitrogens with one attached hydrogen (secondary N) is 1. The van der Waals surface area contributed by atoms with Crippen LogP contribution >= 0.6 is 0 Å². The minimum Gasteiger partial charge on any atom is -0.497 e. The zero-order valence-electron chi connectivity index (χ0n) is 10.9. The fraction of sp³-hybridized carbons (Fsp3) is 0.385. The Morgan fingerprint density at radius 2 is 2.16 bits per heavy atom. The molecular formula is C13H16N2O4. The molecule has 1 aromatic carbocycles. The Hall–Kier alpha value is -2.42. The number of carbonyl (C=O) groups excluding carboxylic acids is 1. The molecule has 1 N–H and O–H groups in total. The van der Waals surface area contributed by atoms with E-state index in [4.69, 9.17) is 19.5 Å². The van der Waals surface area contributed by atoms with E-state index >= 15 is 0 Å². The standard InChI is InChI=1S/C13H16N2O4/c1-17-11-4-5-12(18-2)10(8-11)9-19-13(16)15-7-3-6-14/h4-5,8H,3,7,9H2,1-2H3,(H,15,16). The number of ether oxygens (including phenoxy) is 3. The molecule has 0 fully saturated rings. The second-order valence-electron chi connectivity index (χ2n) is 3.59. The number of nitrogens with zero attached hydrogens (tertiary/aromatic N) is 1. The Balaban J connectivity index is 2.56. The highest BCUT2D eigenvalue weighted by Crippen LogP contribution is 2.24. The molecule has 0 aliphatic rings. The van der Waals surface area contributed by atoms with Crippen LogP contribution in [0.15, 0.2) is 18.2 Å². The van der Waals surface area contributed by atoms with Crippen LogP contribution in [0.3, 0.4) is 0 Å². The van der Waals surface area contributed by atoms with Crippen molar-refractivity contribution in [3.8, 4) is 17.6 Å². The SMILES string of the molecule is COc1ccc(OC)c(COC(=O)NCCC#N)c1. The molecule has 102 valence electrons. The van der Waals surface area contributed by atoms with Crippen molar-refractivity contribution < 1.29 is 19.0 Å². The van der Waals surface area contributed by atoms with E-state index < -0.39 is 6.09 Å². The Kier molecular flexibility index (Phi) is 6.03. The molecule has 6 nitrogen and oxygen atoms in total. The van der Waals surface area contributed by atoms with Crippen molar-refractivity contribution in [1.82, 2.24) is 5.32 Å². The fourth-order valence-electron chi connectivity index (χ4n) is 1.41. The van der Waals surface area contributed by atoms with Gasteiger partial charge < -0.3 is 19.5 Å². The first-order chi connectivity index (χ1) is 9.21. The smallest absolute Gasteiger partial charge is 0.407 e. The molecule has 0 radical (unpaired) electrons. The maximum Gasteiger partial charge on any atom is 0.407 e. The molecule has 0 aliphatic heterocycles. The summed E-state index contributed by atoms with van der Waals surface area (Å²) < 4.78 is 15.3. The van der Waals surface area contributed by atoms with Crippen LogP contribution < -0.4 is 14.8 Å². The van der Waals surface area contributed by atoms with Crippen LogP contribution in [0.25, 0.3) is 0 Å². The molecule has 6 heteroatoms. The molecule has 0 atom stereocenters. The second-order valence-corrected chi connectivity index (χ2v) is 3.59. The molecule has 19 heavy (non-hydrogen) atoms. The summed E-state index contributed by atoms with van der Waals surface area (Å²) in [6, 6.07) is 7.16. The van der Waals surface area contributed by atoms with Crippen LogP contribution in [0, 0.1) is 11.3 Å². The maximum atomic E-state index is 11.3. The van der Waals surface area contributed by atoms with Crippen LogP contribution in [-0.2, 0) is 11.3 Å². The number of rotatable bonds is 6. The van der Waals surface area contributed by atoms with Gasteiger partial charge in [-0.05, 0) is 18.2 Å². The molecule has 0 unspecified atom stereocenters. The highest BCUT2D eigenvalue weighted by molar-refractivity contribution is 5.67. The van der Waals surface area contributed by atoms with Crippen LogP contribution in [-0.4, -0.2) is 26.9 Å². The molecule has 0 saturated heterocycles. The Morgan fingerprint density at radius 3 is 2.79 bits per heavy atom. The van der Waals surface area contributed by atoms with E-state index in [1.54, 1.807) is 25.3 Å². The van der Waals surface area contributed by atoms with Crippen molar-refractivity contribution in [2.75, 3.05) is 20.8 Å². The van der Waals surface area contributed by atoms with E-state index in [0.29, 0.717) is 17.1 Å². The lowest BCUT2D eigenvalue weighted by Gasteiger charge is -2.11. The van der Waals surface area contributed by atoms with Gasteiger partial charge in [0.15, 0.2) is 0 Å². The summed E-state index contributed by atoms with van der Waals surface area (Å²) in [6.07, 6.45) is -0.322. The zero-order valence-corrected chi connectivity index (χ0v) is 10.9. The second kappa shape index (κ2) is 7.82. The van der Waals surface area contributed by atoms with Gasteiger partial charge in [0.2, 0.25) is 0 Å². The number of nitriles is 1. The third kappa shape index (κ3) is 4.76. The molecule has 0 aliphatic carbocycles. The van der Waals surface area contributed by atoms with Gasteiger partial charge in [-0.1, -0.05) is 0 Å². The summed E-state index contributed by atoms with van der Waals surface area (Å²) in [6.45, 7) is 0.337. The number of amides is 1. The summed E-state index contributed by atoms with van der Waals surface area (Å²) in [5, 5.41) is 10.8. The maximum absolute atomic E-state index is 11.3. The van der Waals surface area contributed by atoms with Gasteiger partial charge in [-0.15, -0.1) is 0 Å². The molecule has 0 aromatic heterocycles. The third-order valence-corrected chi connectivity index (χ3v) is 2.35. The van der Waals surface area contributed by atoms with E-state index in [9.17, 15) is 4.79 Å².